The summed E-state index contributed by atoms with van der Waals surface area (Å²) in [6, 6.07) is 0. The number of esters is 3. The summed E-state index contributed by atoms with van der Waals surface area (Å²) in [4.78, 5) is 38.4. The molecule has 0 N–H and O–H groups in total. The zero-order chi connectivity index (χ0) is 57.1. The molecule has 0 amide bonds. The Hall–Kier alpha value is -4.19. The highest BCUT2D eigenvalue weighted by atomic mass is 16.6. The van der Waals surface area contributed by atoms with Crippen LogP contribution in [0.4, 0.5) is 0 Å². The first-order valence-electron chi connectivity index (χ1n) is 33.0. The van der Waals surface area contributed by atoms with Crippen LogP contribution in [-0.4, -0.2) is 37.2 Å². The molecule has 1 atom stereocenters. The maximum atomic E-state index is 12.9. The number of ether oxygens (including phenoxy) is 3. The molecule has 6 nitrogen and oxygen atoms in total. The fourth-order valence-corrected chi connectivity index (χ4v) is 9.03. The van der Waals surface area contributed by atoms with Gasteiger partial charge in [0.25, 0.3) is 0 Å². The van der Waals surface area contributed by atoms with E-state index in [1.54, 1.807) is 0 Å². The molecule has 6 heteroatoms. The number of carbonyl (C=O) groups excluding carboxylic acids is 3. The molecule has 0 aromatic rings. The van der Waals surface area contributed by atoms with Crippen molar-refractivity contribution in [2.24, 2.45) is 0 Å². The SMILES string of the molecule is CC/C=C\C/C=C\C/C=C\C/C=C\C/C=C\C/C=C\C/C=C\CCCC(=O)OCC(COC(=O)CCCCCCCCCCCCCCCCCCC)OC(=O)CCCCCCCC/C=C\C/C=C\C/C=C\CCCCCCC. The Balaban J connectivity index is 4.51. The molecular weight excluding hydrogens is 973 g/mol. The summed E-state index contributed by atoms with van der Waals surface area (Å²) in [5.41, 5.74) is 0. The van der Waals surface area contributed by atoms with Gasteiger partial charge < -0.3 is 14.2 Å². The Morgan fingerprint density at radius 2 is 0.506 bits per heavy atom. The summed E-state index contributed by atoms with van der Waals surface area (Å²) in [5.74, 6) is -0.968. The predicted molar refractivity (Wildman–Crippen MR) is 343 cm³/mol. The van der Waals surface area contributed by atoms with Gasteiger partial charge in [0.1, 0.15) is 13.2 Å². The van der Waals surface area contributed by atoms with Gasteiger partial charge in [-0.3, -0.25) is 14.4 Å². The van der Waals surface area contributed by atoms with Crippen LogP contribution in [0.2, 0.25) is 0 Å². The Bertz CT molecular complexity index is 1640. The van der Waals surface area contributed by atoms with E-state index in [1.165, 1.54) is 141 Å². The third-order valence-electron chi connectivity index (χ3n) is 14.0. The molecule has 0 aliphatic carbocycles. The zero-order valence-corrected chi connectivity index (χ0v) is 51.6. The fraction of sp³-hybridized carbons (Fsp3) is 0.685. The third-order valence-corrected chi connectivity index (χ3v) is 14.0. The second-order valence-electron chi connectivity index (χ2n) is 21.6. The van der Waals surface area contributed by atoms with Gasteiger partial charge in [0, 0.05) is 19.3 Å². The van der Waals surface area contributed by atoms with Gasteiger partial charge in [0.2, 0.25) is 0 Å². The largest absolute Gasteiger partial charge is 0.462 e. The first kappa shape index (κ1) is 74.8. The van der Waals surface area contributed by atoms with Crippen molar-refractivity contribution in [1.29, 1.82) is 0 Å². The number of carbonyl (C=O) groups is 3. The van der Waals surface area contributed by atoms with Crippen molar-refractivity contribution in [3.8, 4) is 0 Å². The smallest absolute Gasteiger partial charge is 0.306 e. The lowest BCUT2D eigenvalue weighted by molar-refractivity contribution is -0.167. The molecule has 0 aliphatic rings. The van der Waals surface area contributed by atoms with Crippen LogP contribution in [0.25, 0.3) is 0 Å². The van der Waals surface area contributed by atoms with Crippen molar-refractivity contribution in [3.05, 3.63) is 122 Å². The maximum Gasteiger partial charge on any atom is 0.306 e. The second-order valence-corrected chi connectivity index (χ2v) is 21.6. The average molecular weight is 1100 g/mol. The van der Waals surface area contributed by atoms with E-state index in [0.717, 1.165) is 116 Å². The van der Waals surface area contributed by atoms with Gasteiger partial charge >= 0.3 is 17.9 Å². The normalized spacial score (nSPS) is 12.9. The number of hydrogen-bond donors (Lipinski definition) is 0. The Morgan fingerprint density at radius 1 is 0.266 bits per heavy atom. The summed E-state index contributed by atoms with van der Waals surface area (Å²) < 4.78 is 16.9. The molecule has 0 aliphatic heterocycles. The lowest BCUT2D eigenvalue weighted by atomic mass is 10.0. The van der Waals surface area contributed by atoms with Gasteiger partial charge in [-0.05, 0) is 109 Å². The van der Waals surface area contributed by atoms with Gasteiger partial charge in [-0.1, -0.05) is 296 Å². The number of rotatable bonds is 59. The van der Waals surface area contributed by atoms with Crippen LogP contribution in [0.1, 0.15) is 303 Å². The highest BCUT2D eigenvalue weighted by molar-refractivity contribution is 5.71. The zero-order valence-electron chi connectivity index (χ0n) is 51.6. The third kappa shape index (κ3) is 64.5. The van der Waals surface area contributed by atoms with E-state index in [4.69, 9.17) is 14.2 Å². The van der Waals surface area contributed by atoms with Crippen LogP contribution in [0.15, 0.2) is 122 Å². The van der Waals surface area contributed by atoms with Gasteiger partial charge in [-0.15, -0.1) is 0 Å². The van der Waals surface area contributed by atoms with E-state index in [9.17, 15) is 14.4 Å². The van der Waals surface area contributed by atoms with E-state index in [1.807, 2.05) is 0 Å². The standard InChI is InChI=1S/C73H122O6/c1-4-7-10-13-16-19-22-25-28-31-33-35-36-38-39-42-45-48-51-54-57-60-63-66-72(75)78-69-70(68-77-71(74)65-62-59-56-53-50-47-44-41-30-27-24-21-18-15-12-9-6-3)79-73(76)67-64-61-58-55-52-49-46-43-40-37-34-32-29-26-23-20-17-14-11-8-5-2/h7,10,16,19,23,25-26,28,32-35,38-40,43,45,48,54,57,70H,4-6,8-9,11-15,17-18,20-22,24,27,29-31,36-37,41-42,44,46-47,49-53,55-56,58-69H2,1-3H3/b10-7-,19-16-,26-23-,28-25-,34-32-,35-33-,39-38-,43-40-,48-45-,57-54-. The molecule has 0 fully saturated rings. The number of unbranched alkanes of at least 4 members (excludes halogenated alkanes) is 28. The molecular formula is C73H122O6. The maximum absolute atomic E-state index is 12.9. The minimum Gasteiger partial charge on any atom is -0.462 e. The predicted octanol–water partition coefficient (Wildman–Crippen LogP) is 22.8. The molecule has 0 aromatic carbocycles. The molecule has 450 valence electrons. The molecule has 0 bridgehead atoms. The molecule has 0 heterocycles. The lowest BCUT2D eigenvalue weighted by Gasteiger charge is -2.18. The fourth-order valence-electron chi connectivity index (χ4n) is 9.03. The van der Waals surface area contributed by atoms with E-state index in [0.29, 0.717) is 19.3 Å². The van der Waals surface area contributed by atoms with Crippen molar-refractivity contribution in [2.75, 3.05) is 13.2 Å². The summed E-state index contributed by atoms with van der Waals surface area (Å²) in [6.07, 6.45) is 92.0. The first-order valence-corrected chi connectivity index (χ1v) is 33.0. The average Bonchev–Trinajstić information content (AvgIpc) is 3.45. The Labute approximate surface area is 488 Å². The number of hydrogen-bond acceptors (Lipinski definition) is 6. The summed E-state index contributed by atoms with van der Waals surface area (Å²) in [7, 11) is 0. The summed E-state index contributed by atoms with van der Waals surface area (Å²) in [5, 5.41) is 0. The van der Waals surface area contributed by atoms with E-state index < -0.39 is 6.10 Å². The van der Waals surface area contributed by atoms with Gasteiger partial charge in [0.15, 0.2) is 6.10 Å². The highest BCUT2D eigenvalue weighted by Crippen LogP contribution is 2.16. The molecule has 0 saturated carbocycles. The van der Waals surface area contributed by atoms with Crippen LogP contribution in [0.5, 0.6) is 0 Å². The summed E-state index contributed by atoms with van der Waals surface area (Å²) >= 11 is 0. The second kappa shape index (κ2) is 66.3. The van der Waals surface area contributed by atoms with E-state index in [2.05, 4.69) is 142 Å². The first-order chi connectivity index (χ1) is 39.0. The molecule has 0 spiro atoms. The topological polar surface area (TPSA) is 78.9 Å². The van der Waals surface area contributed by atoms with Gasteiger partial charge in [-0.25, -0.2) is 0 Å². The lowest BCUT2D eigenvalue weighted by Crippen LogP contribution is -2.30. The molecule has 0 aromatic heterocycles. The van der Waals surface area contributed by atoms with Crippen LogP contribution in [-0.2, 0) is 28.6 Å². The van der Waals surface area contributed by atoms with Crippen molar-refractivity contribution < 1.29 is 28.6 Å². The van der Waals surface area contributed by atoms with Crippen molar-refractivity contribution in [3.63, 3.8) is 0 Å². The molecule has 0 rings (SSSR count). The van der Waals surface area contributed by atoms with Gasteiger partial charge in [-0.2, -0.15) is 0 Å². The quantitative estimate of drug-likeness (QED) is 0.0261. The monoisotopic (exact) mass is 1090 g/mol. The van der Waals surface area contributed by atoms with Gasteiger partial charge in [0.05, 0.1) is 0 Å². The Kier molecular flexibility index (Phi) is 62.8. The van der Waals surface area contributed by atoms with Crippen LogP contribution < -0.4 is 0 Å². The van der Waals surface area contributed by atoms with Crippen molar-refractivity contribution >= 4 is 17.9 Å². The molecule has 0 saturated heterocycles. The Morgan fingerprint density at radius 3 is 0.823 bits per heavy atom. The van der Waals surface area contributed by atoms with Crippen LogP contribution >= 0.6 is 0 Å². The number of allylic oxidation sites excluding steroid dienone is 20. The molecule has 79 heavy (non-hydrogen) atoms. The minimum absolute atomic E-state index is 0.102. The van der Waals surface area contributed by atoms with Crippen LogP contribution in [0, 0.1) is 0 Å². The molecule has 1 unspecified atom stereocenters. The van der Waals surface area contributed by atoms with Crippen molar-refractivity contribution in [2.45, 2.75) is 309 Å². The summed E-state index contributed by atoms with van der Waals surface area (Å²) in [6.45, 7) is 6.48. The van der Waals surface area contributed by atoms with E-state index >= 15 is 0 Å². The molecule has 0 radical (unpaired) electrons. The van der Waals surface area contributed by atoms with Crippen molar-refractivity contribution in [1.82, 2.24) is 0 Å². The minimum atomic E-state index is -0.812. The highest BCUT2D eigenvalue weighted by Gasteiger charge is 2.19. The van der Waals surface area contributed by atoms with Crippen LogP contribution in [0.3, 0.4) is 0 Å². The van der Waals surface area contributed by atoms with E-state index in [-0.39, 0.29) is 37.5 Å².